The fraction of sp³-hybridized carbons (Fsp3) is 0.518. The summed E-state index contributed by atoms with van der Waals surface area (Å²) in [5.74, 6) is -15.0. The molecule has 1 atom stereocenters. The van der Waals surface area contributed by atoms with Gasteiger partial charge in [-0.05, 0) is 73.6 Å². The number of Topliss-reactive ketones (excluding diaryl/α,β-unsaturated/α-hetero) is 7. The van der Waals surface area contributed by atoms with Gasteiger partial charge < -0.3 is 144 Å². The number of carboxylic acids is 11. The lowest BCUT2D eigenvalue weighted by Gasteiger charge is -2.05. The lowest BCUT2D eigenvalue weighted by atomic mass is 10.00. The molecular formula is C56H93N5O47. The molecular weight excluding hydrogens is 1490 g/mol. The molecule has 0 aromatic heterocycles. The van der Waals surface area contributed by atoms with E-state index in [1.807, 2.05) is 6.92 Å². The number of nitrogens with two attached hydrogens (primary N) is 5. The van der Waals surface area contributed by atoms with Crippen molar-refractivity contribution in [3.05, 3.63) is 0 Å². The first kappa shape index (κ1) is 130. The third-order valence-corrected chi connectivity index (χ3v) is 6.68. The van der Waals surface area contributed by atoms with Gasteiger partial charge in [0.2, 0.25) is 17.7 Å². The second-order valence-electron chi connectivity index (χ2n) is 18.3. The molecule has 1 unspecified atom stereocenters. The van der Waals surface area contributed by atoms with Crippen molar-refractivity contribution in [3.8, 4) is 0 Å². The van der Waals surface area contributed by atoms with E-state index >= 15 is 0 Å². The highest BCUT2D eigenvalue weighted by molar-refractivity contribution is 5.97. The molecule has 624 valence electrons. The molecule has 26 N–H and O–H groups in total. The summed E-state index contributed by atoms with van der Waals surface area (Å²) in [6, 6.07) is 0. The number of amides is 5. The molecule has 0 aliphatic rings. The molecule has 52 nitrogen and oxygen atoms in total. The van der Waals surface area contributed by atoms with E-state index in [-0.39, 0.29) is 98.0 Å². The van der Waals surface area contributed by atoms with Crippen LogP contribution in [-0.2, 0) is 124 Å². The van der Waals surface area contributed by atoms with Crippen molar-refractivity contribution in [1.82, 2.24) is 0 Å². The minimum atomic E-state index is -1.83. The number of aliphatic carboxylic acids is 11. The summed E-state index contributed by atoms with van der Waals surface area (Å²) in [6.07, 6.45) is -5.93. The topological polar surface area (TPSA) is 952 Å². The maximum Gasteiger partial charge on any atom is 0.506 e. The van der Waals surface area contributed by atoms with Crippen LogP contribution in [0.25, 0.3) is 0 Å². The van der Waals surface area contributed by atoms with Crippen LogP contribution < -0.4 is 28.7 Å². The number of hydrogen-bond acceptors (Lipinski definition) is 31. The van der Waals surface area contributed by atoms with Gasteiger partial charge in [-0.3, -0.25) is 76.7 Å². The molecule has 5 amide bonds. The zero-order valence-corrected chi connectivity index (χ0v) is 59.5. The summed E-state index contributed by atoms with van der Waals surface area (Å²) >= 11 is 0. The Kier molecular flexibility index (Phi) is 112. The molecule has 0 bridgehead atoms. The van der Waals surface area contributed by atoms with E-state index in [0.29, 0.717) is 32.1 Å². The molecule has 0 aromatic rings. The van der Waals surface area contributed by atoms with Gasteiger partial charge in [0.05, 0.1) is 12.8 Å². The van der Waals surface area contributed by atoms with Crippen LogP contribution in [0.15, 0.2) is 0 Å². The minimum Gasteiger partial charge on any atom is -0.481 e. The Morgan fingerprint density at radius 1 is 0.278 bits per heavy atom. The summed E-state index contributed by atoms with van der Waals surface area (Å²) in [4.78, 5) is 261. The average Bonchev–Trinajstić information content (AvgIpc) is 1.03. The van der Waals surface area contributed by atoms with Gasteiger partial charge in [0.25, 0.3) is 5.97 Å². The second kappa shape index (κ2) is 93.1. The molecule has 0 saturated carbocycles. The zero-order chi connectivity index (χ0) is 89.7. The van der Waals surface area contributed by atoms with E-state index in [1.54, 1.807) is 0 Å². The number of hydrogen-bond donors (Lipinski definition) is 21. The van der Waals surface area contributed by atoms with E-state index < -0.39 is 153 Å². The molecule has 0 fully saturated rings. The largest absolute Gasteiger partial charge is 0.506 e. The van der Waals surface area contributed by atoms with E-state index in [1.165, 1.54) is 48.5 Å². The summed E-state index contributed by atoms with van der Waals surface area (Å²) in [5, 5.41) is 123. The van der Waals surface area contributed by atoms with Crippen LogP contribution in [0.1, 0.15) is 159 Å². The third-order valence-electron chi connectivity index (χ3n) is 6.68. The number of carbonyl (C=O) groups is 27. The Labute approximate surface area is 609 Å². The Morgan fingerprint density at radius 3 is 0.676 bits per heavy atom. The summed E-state index contributed by atoms with van der Waals surface area (Å²) in [7, 11) is 0. The second-order valence-corrected chi connectivity index (χ2v) is 18.3. The first-order valence-electron chi connectivity index (χ1n) is 28.0. The third kappa shape index (κ3) is 345. The van der Waals surface area contributed by atoms with Crippen molar-refractivity contribution in [1.29, 1.82) is 0 Å². The molecule has 52 heteroatoms. The summed E-state index contributed by atoms with van der Waals surface area (Å²) < 4.78 is 15.4. The molecule has 0 rings (SSSR count). The highest BCUT2D eigenvalue weighted by Crippen LogP contribution is 2.10. The Hall–Kier alpha value is -13.9. The maximum absolute atomic E-state index is 10.6. The van der Waals surface area contributed by atoms with Gasteiger partial charge in [0.15, 0.2) is 32.2 Å². The van der Waals surface area contributed by atoms with Crippen LogP contribution in [0.2, 0.25) is 0 Å². The minimum absolute atomic E-state index is 0.0463. The molecule has 0 spiro atoms. The predicted octanol–water partition coefficient (Wildman–Crippen LogP) is -0.657. The number of carboxylic acid groups (broad SMARTS) is 16. The van der Waals surface area contributed by atoms with Crippen LogP contribution in [-0.4, -0.2) is 269 Å². The Balaban J connectivity index is -0.0000000664. The van der Waals surface area contributed by atoms with Crippen LogP contribution in [0.3, 0.4) is 0 Å². The van der Waals surface area contributed by atoms with Gasteiger partial charge in [0, 0.05) is 46.0 Å². The van der Waals surface area contributed by atoms with Crippen molar-refractivity contribution in [2.75, 3.05) is 26.4 Å². The number of ketones is 7. The Bertz CT molecular complexity index is 2350. The molecule has 0 aromatic carbocycles. The van der Waals surface area contributed by atoms with Gasteiger partial charge in [-0.25, -0.2) is 38.4 Å². The molecule has 0 radical (unpaired) electrons. The predicted molar refractivity (Wildman–Crippen MR) is 349 cm³/mol. The number of carbonyl (C=O) groups excluding carboxylic acids is 12. The van der Waals surface area contributed by atoms with Crippen molar-refractivity contribution in [2.24, 2.45) is 34.6 Å². The fourth-order valence-electron chi connectivity index (χ4n) is 3.49. The van der Waals surface area contributed by atoms with Crippen LogP contribution in [0.4, 0.5) is 24.0 Å². The SMILES string of the molecule is CC(=O)CC(=O)O.CC(=O)CC(C)=O.CC(=O)CC(C)CCC(=O)O.CC(=O)CCC(=O)O.CC(=O)CCCCC(=O)O.CC(=O)COC(=O)O.CC(=O)O.CC(=O)OCC(=O)O.NC(=O)CC(=O)O.NC(=O)CC(N)=O.NC(=O)O.NC(=O)OCC(=O)O.O=C(O)CC(=O)O.O=C(O)COC(=O)O.O=C(O)O. The van der Waals surface area contributed by atoms with Crippen LogP contribution >= 0.6 is 0 Å². The van der Waals surface area contributed by atoms with Gasteiger partial charge in [-0.15, -0.1) is 0 Å². The standard InChI is InChI=1S/C8H14O3.C7H12O3.C5H8O3.C5H8O2.2C4H6O4.C4H6O3.C3H6N2O2.C3H5NO4.C3H5NO3.C3H4O5.C3H4O4.C2H4O2.CH3NO2.CH2O3/c1-6(5-7(2)9)3-4-8(10)11;1-6(8)4-2-3-5-7(9)10;1-4(6)2-3-5(7)8;1-4(6)3-5(2)7;1-3(5)8-2-4(6)7;1-3(5)2-8-4(6)7;1-3(5)2-4(6)7;4-2(6)1-3(5)7;4-3(7)8-1-2(5)6;4-2(5)1-3(6)7;4-2(5)1-8-3(6)7;4-2(5)1-3(6)7;1-2(3)4;2*2-1(3)4/h6H,3-5H2,1-2H3,(H,10,11);2-5H2,1H3,(H,9,10);2-3H2,1H3,(H,7,8);3H2,1-2H3;2*2H2,1H3,(H,6,7);2H2,1H3,(H,6,7);1H2,(H2,4,6)(H2,5,7);1H2,(H2,4,7)(H,5,6);1H2,(H2,4,5)(H,6,7);1H2,(H,4,5)(H,6,7);1H2,(H,4,5)(H,6,7);1H3,(H,3,4);2H2,(H,3,4);(H2,2,3,4). The number of unbranched alkanes of at least 4 members (excludes halogenated alkanes) is 1. The van der Waals surface area contributed by atoms with Crippen molar-refractivity contribution >= 4 is 160 Å². The lowest BCUT2D eigenvalue weighted by molar-refractivity contribution is -0.153. The Morgan fingerprint density at radius 2 is 0.556 bits per heavy atom. The monoisotopic (exact) mass is 1590 g/mol. The van der Waals surface area contributed by atoms with Gasteiger partial charge in [0.1, 0.15) is 60.4 Å². The maximum atomic E-state index is 10.6. The summed E-state index contributed by atoms with van der Waals surface area (Å²) in [6.45, 7) is 11.5. The fourth-order valence-corrected chi connectivity index (χ4v) is 3.49. The highest BCUT2D eigenvalue weighted by Gasteiger charge is 2.08. The first-order chi connectivity index (χ1) is 48.6. The van der Waals surface area contributed by atoms with Crippen molar-refractivity contribution in [2.45, 2.75) is 159 Å². The van der Waals surface area contributed by atoms with E-state index in [4.69, 9.17) is 96.1 Å². The van der Waals surface area contributed by atoms with Gasteiger partial charge in [-0.2, -0.15) is 0 Å². The zero-order valence-electron chi connectivity index (χ0n) is 59.5. The lowest BCUT2D eigenvalue weighted by Crippen LogP contribution is -2.21. The number of primary amides is 5. The van der Waals surface area contributed by atoms with Gasteiger partial charge >= 0.3 is 96.3 Å². The summed E-state index contributed by atoms with van der Waals surface area (Å²) in [5.41, 5.74) is 22.0. The normalized spacial score (nSPS) is 8.46. The highest BCUT2D eigenvalue weighted by atomic mass is 16.7. The van der Waals surface area contributed by atoms with Crippen molar-refractivity contribution < 1.29 is 230 Å². The quantitative estimate of drug-likeness (QED) is 0.0177. The average molecular weight is 1590 g/mol. The van der Waals surface area contributed by atoms with Crippen LogP contribution in [0.5, 0.6) is 0 Å². The number of ether oxygens (including phenoxy) is 4. The molecule has 0 aliphatic carbocycles. The van der Waals surface area contributed by atoms with Gasteiger partial charge in [-0.1, -0.05) is 6.92 Å². The molecule has 108 heavy (non-hydrogen) atoms. The van der Waals surface area contributed by atoms with E-state index in [0.717, 1.165) is 13.8 Å². The first-order valence-corrected chi connectivity index (χ1v) is 28.0. The van der Waals surface area contributed by atoms with E-state index in [2.05, 4.69) is 47.6 Å². The van der Waals surface area contributed by atoms with Crippen molar-refractivity contribution in [3.63, 3.8) is 0 Å². The molecule has 0 saturated heterocycles. The molecule has 0 aliphatic heterocycles. The van der Waals surface area contributed by atoms with Crippen LogP contribution in [0, 0.1) is 5.92 Å². The van der Waals surface area contributed by atoms with E-state index in [9.17, 15) is 115 Å². The smallest absolute Gasteiger partial charge is 0.481 e. The number of rotatable bonds is 31. The molecule has 0 heterocycles. The number of esters is 1.